The van der Waals surface area contributed by atoms with Crippen molar-refractivity contribution in [3.63, 3.8) is 0 Å². The molecule has 3 rings (SSSR count). The average Bonchev–Trinajstić information content (AvgIpc) is 2.70. The number of fused-ring (bicyclic) bond motifs is 1. The third-order valence-corrected chi connectivity index (χ3v) is 4.10. The van der Waals surface area contributed by atoms with E-state index in [9.17, 15) is 0 Å². The minimum atomic E-state index is 0.393. The maximum atomic E-state index is 5.89. The molecule has 1 saturated carbocycles. The molecule has 1 aliphatic carbocycles. The second-order valence-corrected chi connectivity index (χ2v) is 5.36. The van der Waals surface area contributed by atoms with Crippen molar-refractivity contribution in [2.45, 2.75) is 24.9 Å². The quantitative estimate of drug-likeness (QED) is 0.861. The van der Waals surface area contributed by atoms with Gasteiger partial charge in [-0.3, -0.25) is 0 Å². The van der Waals surface area contributed by atoms with Crippen LogP contribution in [-0.2, 0) is 7.05 Å². The van der Waals surface area contributed by atoms with Crippen LogP contribution in [0.25, 0.3) is 11.0 Å². The Morgan fingerprint density at radius 3 is 2.89 bits per heavy atom. The minimum absolute atomic E-state index is 0.393. The van der Waals surface area contributed by atoms with Gasteiger partial charge < -0.3 is 15.6 Å². The predicted molar refractivity (Wildman–Crippen MR) is 73.2 cm³/mol. The third-order valence-electron chi connectivity index (χ3n) is 4.10. The van der Waals surface area contributed by atoms with E-state index >= 15 is 0 Å². The maximum absolute atomic E-state index is 5.89. The zero-order valence-corrected chi connectivity index (χ0v) is 10.9. The number of rotatable bonds is 3. The largest absolute Gasteiger partial charge is 0.334 e. The lowest BCUT2D eigenvalue weighted by Gasteiger charge is -2.38. The van der Waals surface area contributed by atoms with Crippen molar-refractivity contribution in [1.82, 2.24) is 14.9 Å². The first-order valence-electron chi connectivity index (χ1n) is 6.53. The van der Waals surface area contributed by atoms with E-state index < -0.39 is 0 Å². The number of aryl methyl sites for hydroxylation is 1. The van der Waals surface area contributed by atoms with Crippen LogP contribution in [0.4, 0.5) is 0 Å². The summed E-state index contributed by atoms with van der Waals surface area (Å²) in [6.45, 7) is 0. The number of aromatic nitrogens is 2. The Labute approximate surface area is 107 Å². The number of nitrogens with two attached hydrogens (primary N) is 1. The number of nitrogens with one attached hydrogen (secondary N) is 1. The second kappa shape index (κ2) is 4.37. The summed E-state index contributed by atoms with van der Waals surface area (Å²) in [6.07, 6.45) is 4.10. The molecule has 4 nitrogen and oxygen atoms in total. The van der Waals surface area contributed by atoms with Crippen LogP contribution in [0.5, 0.6) is 0 Å². The molecule has 1 fully saturated rings. The molecule has 0 radical (unpaired) electrons. The van der Waals surface area contributed by atoms with Crippen LogP contribution in [0.1, 0.15) is 24.4 Å². The molecule has 1 unspecified atom stereocenters. The Bertz CT molecular complexity index is 554. The van der Waals surface area contributed by atoms with Gasteiger partial charge >= 0.3 is 0 Å². The van der Waals surface area contributed by atoms with E-state index in [0.29, 0.717) is 18.0 Å². The molecule has 0 amide bonds. The van der Waals surface area contributed by atoms with E-state index in [4.69, 9.17) is 5.73 Å². The standard InChI is InChI=1S/C14H20N4/c1-16-14(10-5-11(15)6-10)9-3-4-13-12(7-9)17-8-18(13)2/h3-4,7-8,10-11,14,16H,5-6,15H2,1-2H3. The van der Waals surface area contributed by atoms with Gasteiger partial charge in [-0.05, 0) is 43.5 Å². The lowest BCUT2D eigenvalue weighted by Crippen LogP contribution is -2.42. The van der Waals surface area contributed by atoms with Crippen LogP contribution < -0.4 is 11.1 Å². The molecule has 2 aromatic rings. The molecular formula is C14H20N4. The van der Waals surface area contributed by atoms with Crippen LogP contribution >= 0.6 is 0 Å². The Hall–Kier alpha value is -1.39. The highest BCUT2D eigenvalue weighted by atomic mass is 15.0. The van der Waals surface area contributed by atoms with Gasteiger partial charge in [-0.2, -0.15) is 0 Å². The zero-order chi connectivity index (χ0) is 12.7. The number of imidazole rings is 1. The topological polar surface area (TPSA) is 55.9 Å². The molecule has 96 valence electrons. The predicted octanol–water partition coefficient (Wildman–Crippen LogP) is 1.57. The molecule has 3 N–H and O–H groups in total. The van der Waals surface area contributed by atoms with E-state index in [2.05, 4.69) is 28.5 Å². The SMILES string of the molecule is CNC(c1ccc2c(c1)ncn2C)C1CC(N)C1. The van der Waals surface area contributed by atoms with Gasteiger partial charge in [-0.1, -0.05) is 6.07 Å². The molecule has 0 aliphatic heterocycles. The maximum Gasteiger partial charge on any atom is 0.0955 e. The molecule has 1 atom stereocenters. The van der Waals surface area contributed by atoms with Crippen molar-refractivity contribution in [2.24, 2.45) is 18.7 Å². The van der Waals surface area contributed by atoms with E-state index in [1.165, 1.54) is 11.1 Å². The van der Waals surface area contributed by atoms with Gasteiger partial charge in [0.2, 0.25) is 0 Å². The van der Waals surface area contributed by atoms with Crippen molar-refractivity contribution in [2.75, 3.05) is 7.05 Å². The zero-order valence-electron chi connectivity index (χ0n) is 10.9. The monoisotopic (exact) mass is 244 g/mol. The van der Waals surface area contributed by atoms with Crippen LogP contribution in [0.3, 0.4) is 0 Å². The molecule has 4 heteroatoms. The second-order valence-electron chi connectivity index (χ2n) is 5.36. The molecule has 0 saturated heterocycles. The highest BCUT2D eigenvalue weighted by molar-refractivity contribution is 5.76. The fourth-order valence-electron chi connectivity index (χ4n) is 3.00. The molecule has 18 heavy (non-hydrogen) atoms. The van der Waals surface area contributed by atoms with E-state index in [1.54, 1.807) is 0 Å². The Kier molecular flexibility index (Phi) is 2.84. The van der Waals surface area contributed by atoms with Crippen molar-refractivity contribution in [3.05, 3.63) is 30.1 Å². The summed E-state index contributed by atoms with van der Waals surface area (Å²) in [5.41, 5.74) is 9.46. The van der Waals surface area contributed by atoms with Crippen molar-refractivity contribution >= 4 is 11.0 Å². The molecule has 1 aromatic heterocycles. The van der Waals surface area contributed by atoms with Gasteiger partial charge in [0, 0.05) is 19.1 Å². The molecule has 0 spiro atoms. The highest BCUT2D eigenvalue weighted by Gasteiger charge is 2.33. The minimum Gasteiger partial charge on any atom is -0.334 e. The summed E-state index contributed by atoms with van der Waals surface area (Å²) < 4.78 is 2.05. The summed E-state index contributed by atoms with van der Waals surface area (Å²) in [5.74, 6) is 0.658. The summed E-state index contributed by atoms with van der Waals surface area (Å²) in [4.78, 5) is 4.42. The third kappa shape index (κ3) is 1.82. The smallest absolute Gasteiger partial charge is 0.0955 e. The van der Waals surface area contributed by atoms with Crippen LogP contribution in [0.15, 0.2) is 24.5 Å². The van der Waals surface area contributed by atoms with E-state index in [0.717, 1.165) is 18.4 Å². The average molecular weight is 244 g/mol. The van der Waals surface area contributed by atoms with Crippen molar-refractivity contribution in [1.29, 1.82) is 0 Å². The molecule has 1 heterocycles. The van der Waals surface area contributed by atoms with Gasteiger partial charge in [0.25, 0.3) is 0 Å². The van der Waals surface area contributed by atoms with Gasteiger partial charge in [-0.25, -0.2) is 4.98 Å². The molecule has 1 aliphatic rings. The van der Waals surface area contributed by atoms with Crippen LogP contribution in [-0.4, -0.2) is 22.6 Å². The van der Waals surface area contributed by atoms with Crippen LogP contribution in [0.2, 0.25) is 0 Å². The molecule has 0 bridgehead atoms. The van der Waals surface area contributed by atoms with Crippen molar-refractivity contribution in [3.8, 4) is 0 Å². The summed E-state index contributed by atoms with van der Waals surface area (Å²) in [6, 6.07) is 7.34. The van der Waals surface area contributed by atoms with Crippen molar-refractivity contribution < 1.29 is 0 Å². The first-order valence-corrected chi connectivity index (χ1v) is 6.53. The highest BCUT2D eigenvalue weighted by Crippen LogP contribution is 2.37. The Morgan fingerprint density at radius 2 is 2.22 bits per heavy atom. The van der Waals surface area contributed by atoms with Gasteiger partial charge in [0.15, 0.2) is 0 Å². The molecule has 1 aromatic carbocycles. The van der Waals surface area contributed by atoms with Gasteiger partial charge in [-0.15, -0.1) is 0 Å². The van der Waals surface area contributed by atoms with E-state index in [1.807, 2.05) is 25.0 Å². The van der Waals surface area contributed by atoms with Crippen LogP contribution in [0, 0.1) is 5.92 Å². The molecular weight excluding hydrogens is 224 g/mol. The lowest BCUT2D eigenvalue weighted by atomic mass is 9.74. The van der Waals surface area contributed by atoms with Gasteiger partial charge in [0.05, 0.1) is 17.4 Å². The Morgan fingerprint density at radius 1 is 1.44 bits per heavy atom. The number of nitrogens with zero attached hydrogens (tertiary/aromatic N) is 2. The van der Waals surface area contributed by atoms with Gasteiger partial charge in [0.1, 0.15) is 0 Å². The number of benzene rings is 1. The number of hydrogen-bond donors (Lipinski definition) is 2. The summed E-state index contributed by atoms with van der Waals surface area (Å²) in [5, 5.41) is 3.42. The fraction of sp³-hybridized carbons (Fsp3) is 0.500. The summed E-state index contributed by atoms with van der Waals surface area (Å²) in [7, 11) is 4.05. The van der Waals surface area contributed by atoms with E-state index in [-0.39, 0.29) is 0 Å². The normalized spacial score (nSPS) is 25.1. The number of hydrogen-bond acceptors (Lipinski definition) is 3. The fourth-order valence-corrected chi connectivity index (χ4v) is 3.00. The Balaban J connectivity index is 1.92. The lowest BCUT2D eigenvalue weighted by molar-refractivity contribution is 0.204. The first-order chi connectivity index (χ1) is 8.69. The summed E-state index contributed by atoms with van der Waals surface area (Å²) >= 11 is 0. The first kappa shape index (κ1) is 11.7.